The molecule has 26 heavy (non-hydrogen) atoms. The third kappa shape index (κ3) is 4.47. The molecule has 0 bridgehead atoms. The van der Waals surface area contributed by atoms with Gasteiger partial charge in [-0.15, -0.1) is 11.3 Å². The minimum atomic E-state index is -0.684. The van der Waals surface area contributed by atoms with Crippen molar-refractivity contribution >= 4 is 34.9 Å². The number of hydrogen-bond acceptors (Lipinski definition) is 7. The van der Waals surface area contributed by atoms with Crippen molar-refractivity contribution in [2.75, 3.05) is 12.1 Å². The first-order chi connectivity index (χ1) is 12.1. The van der Waals surface area contributed by atoms with Crippen molar-refractivity contribution in [3.8, 4) is 0 Å². The summed E-state index contributed by atoms with van der Waals surface area (Å²) < 4.78 is 9.98. The van der Waals surface area contributed by atoms with Gasteiger partial charge < -0.3 is 9.47 Å². The molecule has 8 heteroatoms. The van der Waals surface area contributed by atoms with Crippen LogP contribution >= 0.6 is 11.3 Å². The van der Waals surface area contributed by atoms with Crippen LogP contribution in [-0.4, -0.2) is 30.6 Å². The maximum absolute atomic E-state index is 12.6. The molecular weight excluding hydrogens is 356 g/mol. The van der Waals surface area contributed by atoms with Gasteiger partial charge in [-0.3, -0.25) is 4.79 Å². The van der Waals surface area contributed by atoms with Crippen molar-refractivity contribution in [2.45, 2.75) is 26.4 Å². The molecule has 1 aromatic carbocycles. The SMILES string of the molecule is COC(=O)c1ccc(C(=O)N(N)c2ccccc2C(=O)OC(C)(C)C)s1. The highest BCUT2D eigenvalue weighted by Gasteiger charge is 2.25. The van der Waals surface area contributed by atoms with Crippen molar-refractivity contribution in [1.29, 1.82) is 0 Å². The highest BCUT2D eigenvalue weighted by atomic mass is 32.1. The summed E-state index contributed by atoms with van der Waals surface area (Å²) >= 11 is 0.959. The number of benzene rings is 1. The van der Waals surface area contributed by atoms with Gasteiger partial charge in [0, 0.05) is 0 Å². The zero-order valence-electron chi connectivity index (χ0n) is 14.9. The number of hydrogen-bond donors (Lipinski definition) is 1. The molecular formula is C18H20N2O5S. The van der Waals surface area contributed by atoms with Crippen LogP contribution in [0.1, 0.15) is 50.5 Å². The van der Waals surface area contributed by atoms with Crippen LogP contribution < -0.4 is 10.9 Å². The first-order valence-electron chi connectivity index (χ1n) is 7.73. The Kier molecular flexibility index (Phi) is 5.79. The van der Waals surface area contributed by atoms with Gasteiger partial charge in [0.25, 0.3) is 5.91 Å². The standard InChI is InChI=1S/C18H20N2O5S/c1-18(2,3)25-16(22)11-7-5-6-8-12(11)20(19)15(21)13-9-10-14(26-13)17(23)24-4/h5-10H,19H2,1-4H3. The van der Waals surface area contributed by atoms with Crippen molar-refractivity contribution in [1.82, 2.24) is 0 Å². The number of hydrazine groups is 1. The molecule has 2 rings (SSSR count). The molecule has 0 unspecified atom stereocenters. The summed E-state index contributed by atoms with van der Waals surface area (Å²) in [4.78, 5) is 37.1. The van der Waals surface area contributed by atoms with Crippen molar-refractivity contribution in [3.05, 3.63) is 51.7 Å². The van der Waals surface area contributed by atoms with E-state index in [-0.39, 0.29) is 21.0 Å². The topological polar surface area (TPSA) is 98.9 Å². The number of carbonyl (C=O) groups is 3. The van der Waals surface area contributed by atoms with Crippen LogP contribution in [0.4, 0.5) is 5.69 Å². The van der Waals surface area contributed by atoms with Gasteiger partial charge in [-0.2, -0.15) is 0 Å². The van der Waals surface area contributed by atoms with E-state index < -0.39 is 23.4 Å². The third-order valence-corrected chi connectivity index (χ3v) is 4.26. The fourth-order valence-electron chi connectivity index (χ4n) is 2.08. The second-order valence-corrected chi connectivity index (χ2v) is 7.43. The Balaban J connectivity index is 2.30. The summed E-state index contributed by atoms with van der Waals surface area (Å²) in [5.41, 5.74) is -0.306. The Morgan fingerprint density at radius 3 is 2.23 bits per heavy atom. The van der Waals surface area contributed by atoms with Gasteiger partial charge in [0.05, 0.1) is 23.2 Å². The number of rotatable bonds is 4. The van der Waals surface area contributed by atoms with Crippen LogP contribution in [0.3, 0.4) is 0 Å². The molecule has 1 heterocycles. The van der Waals surface area contributed by atoms with Crippen LogP contribution in [0.15, 0.2) is 36.4 Å². The third-order valence-electron chi connectivity index (χ3n) is 3.20. The molecule has 0 fully saturated rings. The van der Waals surface area contributed by atoms with E-state index in [9.17, 15) is 14.4 Å². The average Bonchev–Trinajstić information content (AvgIpc) is 3.08. The number of amides is 1. The Morgan fingerprint density at radius 1 is 1.00 bits per heavy atom. The highest BCUT2D eigenvalue weighted by molar-refractivity contribution is 7.16. The van der Waals surface area contributed by atoms with Gasteiger partial charge >= 0.3 is 11.9 Å². The number of thiophene rings is 1. The Hall–Kier alpha value is -2.71. The molecule has 0 aliphatic carbocycles. The Morgan fingerprint density at radius 2 is 1.62 bits per heavy atom. The second kappa shape index (κ2) is 7.67. The number of para-hydroxylation sites is 1. The molecule has 0 atom stereocenters. The molecule has 7 nitrogen and oxygen atoms in total. The lowest BCUT2D eigenvalue weighted by atomic mass is 10.1. The van der Waals surface area contributed by atoms with Crippen molar-refractivity contribution < 1.29 is 23.9 Å². The van der Waals surface area contributed by atoms with E-state index in [1.54, 1.807) is 39.0 Å². The van der Waals surface area contributed by atoms with Gasteiger partial charge in [0.2, 0.25) is 0 Å². The van der Waals surface area contributed by atoms with Gasteiger partial charge in [-0.1, -0.05) is 12.1 Å². The fraction of sp³-hybridized carbons (Fsp3) is 0.278. The molecule has 2 aromatic rings. The zero-order chi connectivity index (χ0) is 19.5. The van der Waals surface area contributed by atoms with Gasteiger partial charge in [-0.05, 0) is 45.0 Å². The smallest absolute Gasteiger partial charge is 0.348 e. The lowest BCUT2D eigenvalue weighted by Gasteiger charge is -2.23. The van der Waals surface area contributed by atoms with Gasteiger partial charge in [0.15, 0.2) is 0 Å². The van der Waals surface area contributed by atoms with Crippen molar-refractivity contribution in [2.24, 2.45) is 5.84 Å². The first-order valence-corrected chi connectivity index (χ1v) is 8.55. The van der Waals surface area contributed by atoms with E-state index in [1.807, 2.05) is 0 Å². The Bertz CT molecular complexity index is 838. The number of nitrogens with two attached hydrogens (primary N) is 1. The minimum absolute atomic E-state index is 0.169. The fourth-order valence-corrected chi connectivity index (χ4v) is 2.94. The lowest BCUT2D eigenvalue weighted by Crippen LogP contribution is -2.38. The van der Waals surface area contributed by atoms with Crippen LogP contribution in [0.25, 0.3) is 0 Å². The number of esters is 2. The molecule has 138 valence electrons. The number of nitrogens with zero attached hydrogens (tertiary/aromatic N) is 1. The predicted octanol–water partition coefficient (Wildman–Crippen LogP) is 3.01. The van der Waals surface area contributed by atoms with Gasteiger partial charge in [0.1, 0.15) is 10.5 Å². The van der Waals surface area contributed by atoms with E-state index in [4.69, 9.17) is 10.6 Å². The van der Waals surface area contributed by atoms with Crippen LogP contribution in [0, 0.1) is 0 Å². The molecule has 2 N–H and O–H groups in total. The monoisotopic (exact) mass is 376 g/mol. The maximum atomic E-state index is 12.6. The van der Waals surface area contributed by atoms with Crippen LogP contribution in [0.5, 0.6) is 0 Å². The Labute approximate surface area is 155 Å². The maximum Gasteiger partial charge on any atom is 0.348 e. The number of anilines is 1. The number of methoxy groups -OCH3 is 1. The largest absolute Gasteiger partial charge is 0.465 e. The van der Waals surface area contributed by atoms with Crippen molar-refractivity contribution in [3.63, 3.8) is 0 Å². The highest BCUT2D eigenvalue weighted by Crippen LogP contribution is 2.25. The number of carbonyl (C=O) groups excluding carboxylic acids is 3. The van der Waals surface area contributed by atoms with E-state index in [0.29, 0.717) is 0 Å². The molecule has 1 aromatic heterocycles. The molecule has 0 saturated heterocycles. The van der Waals surface area contributed by atoms with E-state index in [1.165, 1.54) is 25.3 Å². The molecule has 0 aliphatic heterocycles. The molecule has 0 radical (unpaired) electrons. The molecule has 0 spiro atoms. The molecule has 1 amide bonds. The quantitative estimate of drug-likeness (QED) is 0.381. The lowest BCUT2D eigenvalue weighted by molar-refractivity contribution is 0.00702. The van der Waals surface area contributed by atoms with Gasteiger partial charge in [-0.25, -0.2) is 20.4 Å². The van der Waals surface area contributed by atoms with Crippen LogP contribution in [0.2, 0.25) is 0 Å². The molecule has 0 aliphatic rings. The second-order valence-electron chi connectivity index (χ2n) is 6.35. The van der Waals surface area contributed by atoms with Crippen LogP contribution in [-0.2, 0) is 9.47 Å². The predicted molar refractivity (Wildman–Crippen MR) is 98.3 cm³/mol. The summed E-state index contributed by atoms with van der Waals surface area (Å²) in [6, 6.07) is 9.36. The number of ether oxygens (including phenoxy) is 2. The summed E-state index contributed by atoms with van der Waals surface area (Å²) in [5.74, 6) is 4.28. The molecule has 0 saturated carbocycles. The summed E-state index contributed by atoms with van der Waals surface area (Å²) in [5, 5.41) is 0.867. The zero-order valence-corrected chi connectivity index (χ0v) is 15.8. The summed E-state index contributed by atoms with van der Waals surface area (Å²) in [6.07, 6.45) is 0. The normalized spacial score (nSPS) is 11.0. The van der Waals surface area contributed by atoms with E-state index in [0.717, 1.165) is 16.3 Å². The summed E-state index contributed by atoms with van der Waals surface area (Å²) in [6.45, 7) is 5.25. The first kappa shape index (κ1) is 19.6. The average molecular weight is 376 g/mol. The van der Waals surface area contributed by atoms with E-state index in [2.05, 4.69) is 4.74 Å². The summed E-state index contributed by atoms with van der Waals surface area (Å²) in [7, 11) is 1.26. The van der Waals surface area contributed by atoms with E-state index >= 15 is 0 Å². The minimum Gasteiger partial charge on any atom is -0.465 e.